The van der Waals surface area contributed by atoms with Crippen molar-refractivity contribution in [2.24, 2.45) is 4.99 Å². The lowest BCUT2D eigenvalue weighted by Gasteiger charge is -2.35. The summed E-state index contributed by atoms with van der Waals surface area (Å²) in [7, 11) is 0. The summed E-state index contributed by atoms with van der Waals surface area (Å²) in [4.78, 5) is 9.92. The van der Waals surface area contributed by atoms with Gasteiger partial charge < -0.3 is 20.4 Å². The SMILES string of the molecule is CCNC(=NCCN1CCCCC1)NC1CCN(C(C)C)CC1.I. The van der Waals surface area contributed by atoms with Gasteiger partial charge in [-0.1, -0.05) is 6.42 Å². The number of rotatable bonds is 6. The van der Waals surface area contributed by atoms with Crippen molar-refractivity contribution in [2.75, 3.05) is 45.8 Å². The summed E-state index contributed by atoms with van der Waals surface area (Å²) in [6.07, 6.45) is 6.55. The lowest BCUT2D eigenvalue weighted by molar-refractivity contribution is 0.167. The largest absolute Gasteiger partial charge is 0.357 e. The summed E-state index contributed by atoms with van der Waals surface area (Å²) >= 11 is 0. The van der Waals surface area contributed by atoms with Gasteiger partial charge in [-0.05, 0) is 59.5 Å². The molecule has 2 saturated heterocycles. The molecule has 2 N–H and O–H groups in total. The fourth-order valence-electron chi connectivity index (χ4n) is 3.56. The zero-order valence-electron chi connectivity index (χ0n) is 15.9. The summed E-state index contributed by atoms with van der Waals surface area (Å²) in [5.41, 5.74) is 0. The molecule has 2 aliphatic heterocycles. The van der Waals surface area contributed by atoms with Crippen molar-refractivity contribution in [3.8, 4) is 0 Å². The molecule has 0 spiro atoms. The molecule has 0 amide bonds. The van der Waals surface area contributed by atoms with Crippen LogP contribution in [0.15, 0.2) is 4.99 Å². The number of hydrogen-bond acceptors (Lipinski definition) is 3. The Morgan fingerprint density at radius 3 is 2.33 bits per heavy atom. The molecule has 0 radical (unpaired) electrons. The topological polar surface area (TPSA) is 42.9 Å². The van der Waals surface area contributed by atoms with Crippen LogP contribution < -0.4 is 10.6 Å². The zero-order valence-corrected chi connectivity index (χ0v) is 18.2. The van der Waals surface area contributed by atoms with Crippen LogP contribution in [0.4, 0.5) is 0 Å². The maximum Gasteiger partial charge on any atom is 0.191 e. The number of guanidine groups is 1. The maximum absolute atomic E-state index is 4.79. The molecule has 0 aromatic rings. The van der Waals surface area contributed by atoms with Gasteiger partial charge in [0, 0.05) is 38.3 Å². The Hall–Kier alpha value is -0.0800. The molecule has 5 nitrogen and oxygen atoms in total. The third-order valence-corrected chi connectivity index (χ3v) is 5.08. The van der Waals surface area contributed by atoms with Crippen molar-refractivity contribution >= 4 is 29.9 Å². The fourth-order valence-corrected chi connectivity index (χ4v) is 3.56. The Morgan fingerprint density at radius 2 is 1.75 bits per heavy atom. The van der Waals surface area contributed by atoms with Gasteiger partial charge >= 0.3 is 0 Å². The Bertz CT molecular complexity index is 347. The molecular weight excluding hydrogens is 413 g/mol. The predicted molar refractivity (Wildman–Crippen MR) is 115 cm³/mol. The number of nitrogens with one attached hydrogen (secondary N) is 2. The second-order valence-corrected chi connectivity index (χ2v) is 7.21. The first-order valence-electron chi connectivity index (χ1n) is 9.70. The molecule has 0 aliphatic carbocycles. The molecule has 2 rings (SSSR count). The van der Waals surface area contributed by atoms with Crippen molar-refractivity contribution < 1.29 is 0 Å². The van der Waals surface area contributed by atoms with Crippen LogP contribution in [-0.4, -0.2) is 73.7 Å². The molecule has 2 aliphatic rings. The monoisotopic (exact) mass is 451 g/mol. The zero-order chi connectivity index (χ0) is 16.5. The van der Waals surface area contributed by atoms with Crippen molar-refractivity contribution in [1.29, 1.82) is 0 Å². The van der Waals surface area contributed by atoms with E-state index in [2.05, 4.69) is 41.2 Å². The molecule has 24 heavy (non-hydrogen) atoms. The van der Waals surface area contributed by atoms with Gasteiger partial charge in [-0.15, -0.1) is 24.0 Å². The van der Waals surface area contributed by atoms with Gasteiger partial charge in [0.25, 0.3) is 0 Å². The normalized spacial score (nSPS) is 21.6. The molecule has 0 bridgehead atoms. The fraction of sp³-hybridized carbons (Fsp3) is 0.944. The van der Waals surface area contributed by atoms with Crippen LogP contribution in [0, 0.1) is 0 Å². The van der Waals surface area contributed by atoms with Crippen LogP contribution in [0.25, 0.3) is 0 Å². The van der Waals surface area contributed by atoms with Gasteiger partial charge in [0.2, 0.25) is 0 Å². The second kappa shape index (κ2) is 12.3. The van der Waals surface area contributed by atoms with Gasteiger partial charge in [-0.3, -0.25) is 4.99 Å². The highest BCUT2D eigenvalue weighted by Crippen LogP contribution is 2.13. The Balaban J connectivity index is 0.00000288. The van der Waals surface area contributed by atoms with Gasteiger partial charge in [0.15, 0.2) is 5.96 Å². The number of nitrogens with zero attached hydrogens (tertiary/aromatic N) is 3. The van der Waals surface area contributed by atoms with E-state index in [1.165, 1.54) is 58.3 Å². The van der Waals surface area contributed by atoms with Crippen LogP contribution in [0.2, 0.25) is 0 Å². The van der Waals surface area contributed by atoms with Crippen molar-refractivity contribution in [3.05, 3.63) is 0 Å². The molecule has 0 saturated carbocycles. The standard InChI is InChI=1S/C18H37N5.HI/c1-4-19-18(20-10-15-22-11-6-5-7-12-22)21-17-8-13-23(14-9-17)16(2)3;/h16-17H,4-15H2,1-3H3,(H2,19,20,21);1H. The van der Waals surface area contributed by atoms with Crippen LogP contribution >= 0.6 is 24.0 Å². The molecule has 0 aromatic heterocycles. The van der Waals surface area contributed by atoms with E-state index >= 15 is 0 Å². The summed E-state index contributed by atoms with van der Waals surface area (Å²) in [5.74, 6) is 1.01. The minimum absolute atomic E-state index is 0. The lowest BCUT2D eigenvalue weighted by Crippen LogP contribution is -2.50. The summed E-state index contributed by atoms with van der Waals surface area (Å²) in [5, 5.41) is 7.06. The lowest BCUT2D eigenvalue weighted by atomic mass is 10.0. The Morgan fingerprint density at radius 1 is 1.08 bits per heavy atom. The second-order valence-electron chi connectivity index (χ2n) is 7.21. The van der Waals surface area contributed by atoms with Gasteiger partial charge in [-0.25, -0.2) is 0 Å². The molecule has 2 heterocycles. The first-order chi connectivity index (χ1) is 11.2. The smallest absolute Gasteiger partial charge is 0.191 e. The molecule has 0 atom stereocenters. The van der Waals surface area contributed by atoms with Crippen LogP contribution in [-0.2, 0) is 0 Å². The van der Waals surface area contributed by atoms with Gasteiger partial charge in [-0.2, -0.15) is 0 Å². The van der Waals surface area contributed by atoms with Crippen molar-refractivity contribution in [1.82, 2.24) is 20.4 Å². The highest BCUT2D eigenvalue weighted by Gasteiger charge is 2.21. The Labute approximate surface area is 166 Å². The van der Waals surface area contributed by atoms with Crippen LogP contribution in [0.1, 0.15) is 52.9 Å². The summed E-state index contributed by atoms with van der Waals surface area (Å²) in [6.45, 7) is 14.6. The van der Waals surface area contributed by atoms with Gasteiger partial charge in [0.05, 0.1) is 6.54 Å². The number of aliphatic imine (C=N–C) groups is 1. The third kappa shape index (κ3) is 7.87. The number of likely N-dealkylation sites (tertiary alicyclic amines) is 2. The molecule has 0 unspecified atom stereocenters. The van der Waals surface area contributed by atoms with E-state index in [0.29, 0.717) is 12.1 Å². The minimum atomic E-state index is 0. The minimum Gasteiger partial charge on any atom is -0.357 e. The highest BCUT2D eigenvalue weighted by atomic mass is 127. The number of halogens is 1. The molecule has 2 fully saturated rings. The average Bonchev–Trinajstić information content (AvgIpc) is 2.56. The van der Waals surface area contributed by atoms with E-state index < -0.39 is 0 Å². The van der Waals surface area contributed by atoms with Gasteiger partial charge in [0.1, 0.15) is 0 Å². The first-order valence-corrected chi connectivity index (χ1v) is 9.70. The highest BCUT2D eigenvalue weighted by molar-refractivity contribution is 14.0. The van der Waals surface area contributed by atoms with Crippen molar-refractivity contribution in [3.63, 3.8) is 0 Å². The third-order valence-electron chi connectivity index (χ3n) is 5.08. The van der Waals surface area contributed by atoms with E-state index in [-0.39, 0.29) is 24.0 Å². The number of hydrogen-bond donors (Lipinski definition) is 2. The van der Waals surface area contributed by atoms with E-state index in [1.807, 2.05) is 0 Å². The van der Waals surface area contributed by atoms with Crippen LogP contribution in [0.5, 0.6) is 0 Å². The summed E-state index contributed by atoms with van der Waals surface area (Å²) in [6, 6.07) is 1.24. The van der Waals surface area contributed by atoms with E-state index in [1.54, 1.807) is 0 Å². The quantitative estimate of drug-likeness (QED) is 0.370. The Kier molecular flexibility index (Phi) is 11.3. The molecule has 6 heteroatoms. The molecule has 142 valence electrons. The first kappa shape index (κ1) is 22.0. The van der Waals surface area contributed by atoms with Crippen molar-refractivity contribution in [2.45, 2.75) is 65.0 Å². The van der Waals surface area contributed by atoms with E-state index in [4.69, 9.17) is 4.99 Å². The van der Waals surface area contributed by atoms with Crippen LogP contribution in [0.3, 0.4) is 0 Å². The van der Waals surface area contributed by atoms with E-state index in [0.717, 1.165) is 25.6 Å². The maximum atomic E-state index is 4.79. The van der Waals surface area contributed by atoms with E-state index in [9.17, 15) is 0 Å². The molecular formula is C18H38IN5. The predicted octanol–water partition coefficient (Wildman–Crippen LogP) is 2.52. The number of piperidine rings is 2. The molecule has 0 aromatic carbocycles. The average molecular weight is 451 g/mol. The summed E-state index contributed by atoms with van der Waals surface area (Å²) < 4.78 is 0.